The minimum Gasteiger partial charge on any atom is -0.387 e. The van der Waals surface area contributed by atoms with Crippen molar-refractivity contribution in [2.24, 2.45) is 0 Å². The first-order valence-electron chi connectivity index (χ1n) is 8.11. The zero-order chi connectivity index (χ0) is 24.1. The van der Waals surface area contributed by atoms with Gasteiger partial charge in [0.25, 0.3) is 5.56 Å². The number of hydrogen-bond donors (Lipinski definition) is 8. The summed E-state index contributed by atoms with van der Waals surface area (Å²) in [5.74, 6) is -0.276. The number of fused-ring (bicyclic) bond motifs is 1. The fourth-order valence-electron chi connectivity index (χ4n) is 2.70. The Labute approximate surface area is 198 Å². The summed E-state index contributed by atoms with van der Waals surface area (Å²) in [6, 6.07) is 0. The first kappa shape index (κ1) is 28.4. The number of imidazole rings is 1. The van der Waals surface area contributed by atoms with Crippen molar-refractivity contribution < 1.29 is 61.4 Å². The maximum absolute atomic E-state index is 11.9. The van der Waals surface area contributed by atoms with Gasteiger partial charge in [-0.1, -0.05) is 0 Å². The van der Waals surface area contributed by atoms with Crippen LogP contribution in [0.1, 0.15) is 6.23 Å². The first-order valence-corrected chi connectivity index (χ1v) is 12.6. The van der Waals surface area contributed by atoms with Gasteiger partial charge in [-0.25, -0.2) is 18.7 Å². The third-order valence-corrected chi connectivity index (χ3v) is 7.68. The number of nitrogen functional groups attached to an aromatic ring is 1. The Kier molecular flexibility index (Phi) is 8.67. The van der Waals surface area contributed by atoms with Crippen LogP contribution in [0.2, 0.25) is 0 Å². The van der Waals surface area contributed by atoms with Crippen molar-refractivity contribution in [3.63, 3.8) is 0 Å². The molecule has 0 bridgehead atoms. The van der Waals surface area contributed by atoms with E-state index >= 15 is 0 Å². The molecule has 3 rings (SSSR count). The molecule has 19 nitrogen and oxygen atoms in total. The van der Waals surface area contributed by atoms with Crippen molar-refractivity contribution in [3.8, 4) is 0 Å². The molecule has 3 heterocycles. The predicted octanol–water partition coefficient (Wildman–Crippen LogP) is -2.72. The molecule has 2 aromatic heterocycles. The monoisotopic (exact) mass is 547 g/mol. The maximum atomic E-state index is 11.9. The van der Waals surface area contributed by atoms with Crippen molar-refractivity contribution in [1.82, 2.24) is 19.5 Å². The topological polar surface area (TPSA) is 299 Å². The van der Waals surface area contributed by atoms with Crippen LogP contribution in [0, 0.1) is 0 Å². The smallest absolute Gasteiger partial charge is 0.387 e. The molecule has 33 heavy (non-hydrogen) atoms. The number of phosphoric ester groups is 1. The van der Waals surface area contributed by atoms with Crippen molar-refractivity contribution in [1.29, 1.82) is 0 Å². The molecule has 2 unspecified atom stereocenters. The Morgan fingerprint density at radius 1 is 1.12 bits per heavy atom. The minimum absolute atomic E-state index is 0. The number of nitrogens with two attached hydrogens (primary N) is 1. The van der Waals surface area contributed by atoms with Gasteiger partial charge in [-0.3, -0.25) is 18.9 Å². The summed E-state index contributed by atoms with van der Waals surface area (Å²) in [5, 5.41) is 20.4. The molecule has 1 aliphatic heterocycles. The number of nitrogens with zero attached hydrogens (tertiary/aromatic N) is 3. The molecule has 180 valence electrons. The Morgan fingerprint density at radius 3 is 2.36 bits per heavy atom. The van der Waals surface area contributed by atoms with E-state index in [-0.39, 0.29) is 40.2 Å². The molecular weight excluding hydrogens is 531 g/mol. The van der Waals surface area contributed by atoms with E-state index in [9.17, 15) is 33.6 Å². The zero-order valence-electron chi connectivity index (χ0n) is 16.0. The van der Waals surface area contributed by atoms with Gasteiger partial charge in [0.2, 0.25) is 5.95 Å². The summed E-state index contributed by atoms with van der Waals surface area (Å²) in [6.07, 6.45) is -5.33. The van der Waals surface area contributed by atoms with Crippen molar-refractivity contribution in [2.75, 3.05) is 12.3 Å². The number of aliphatic hydroxyl groups excluding tert-OH is 2. The quantitative estimate of drug-likeness (QED) is 0.123. The number of hydrogen-bond acceptors (Lipinski definition) is 13. The maximum Gasteiger partial charge on any atom is 2.00 e. The van der Waals surface area contributed by atoms with Crippen LogP contribution in [0.25, 0.3) is 11.2 Å². The summed E-state index contributed by atoms with van der Waals surface area (Å²) in [4.78, 5) is 57.3. The Morgan fingerprint density at radius 2 is 1.76 bits per heavy atom. The summed E-state index contributed by atoms with van der Waals surface area (Å²) in [7, 11) is -16.8. The zero-order valence-corrected chi connectivity index (χ0v) is 20.1. The first-order chi connectivity index (χ1) is 14.6. The van der Waals surface area contributed by atoms with E-state index < -0.39 is 60.2 Å². The van der Waals surface area contributed by atoms with Crippen molar-refractivity contribution >= 4 is 63.6 Å². The van der Waals surface area contributed by atoms with Crippen LogP contribution in [0.3, 0.4) is 0 Å². The summed E-state index contributed by atoms with van der Waals surface area (Å²) in [6.45, 7) is -1.01. The van der Waals surface area contributed by atoms with E-state index in [0.717, 1.165) is 10.9 Å². The van der Waals surface area contributed by atoms with Crippen LogP contribution < -0.4 is 11.3 Å². The van der Waals surface area contributed by atoms with Gasteiger partial charge < -0.3 is 40.3 Å². The molecule has 9 N–H and O–H groups in total. The SMILES string of the molecule is Nc1nc2c(ncn2[C@@H]2O[C@H](COP(=O)(O)OP(=O)(O)OP(=O)(O)O)[C@@H](O)[C@H]2O)c(=O)[nH]1.[Mg+2]. The largest absolute Gasteiger partial charge is 2.00 e. The van der Waals surface area contributed by atoms with Gasteiger partial charge in [0.05, 0.1) is 12.9 Å². The van der Waals surface area contributed by atoms with Crippen LogP contribution in [0.5, 0.6) is 0 Å². The molecule has 1 saturated heterocycles. The van der Waals surface area contributed by atoms with Crippen molar-refractivity contribution in [3.05, 3.63) is 16.7 Å². The van der Waals surface area contributed by atoms with E-state index in [4.69, 9.17) is 25.2 Å². The molecule has 0 aliphatic carbocycles. The Balaban J connectivity index is 0.00000385. The van der Waals surface area contributed by atoms with Crippen LogP contribution in [-0.2, 0) is 31.6 Å². The third-order valence-electron chi connectivity index (χ3n) is 3.88. The third kappa shape index (κ3) is 6.88. The number of nitrogens with one attached hydrogen (secondary N) is 1. The minimum atomic E-state index is -5.73. The van der Waals surface area contributed by atoms with Crippen LogP contribution in [0.4, 0.5) is 5.95 Å². The molecule has 6 atom stereocenters. The fourth-order valence-corrected chi connectivity index (χ4v) is 5.73. The Hall–Kier alpha value is -0.794. The number of rotatable bonds is 8. The molecule has 0 spiro atoms. The van der Waals surface area contributed by atoms with Crippen LogP contribution in [0.15, 0.2) is 11.1 Å². The van der Waals surface area contributed by atoms with Gasteiger partial charge in [-0.15, -0.1) is 0 Å². The second kappa shape index (κ2) is 10.1. The number of aromatic amines is 1. The van der Waals surface area contributed by atoms with Gasteiger partial charge in [0.1, 0.15) is 18.3 Å². The molecule has 1 aliphatic rings. The molecule has 1 fully saturated rings. The standard InChI is InChI=1S/C10H16N5O14P3.Mg/c11-10-13-7-4(8(18)14-10)12-2-15(7)9-6(17)5(16)3(27-9)1-26-31(22,23)29-32(24,25)28-30(19,20)21;/h2-3,5-6,9,16-17H,1H2,(H,22,23)(H,24,25)(H2,19,20,21)(H3,11,13,14,18);/q;+2/t3-,5-,6-,9-;/m1./s1. The van der Waals surface area contributed by atoms with Gasteiger partial charge in [0.15, 0.2) is 17.4 Å². The predicted molar refractivity (Wildman–Crippen MR) is 104 cm³/mol. The van der Waals surface area contributed by atoms with E-state index in [1.54, 1.807) is 0 Å². The second-order valence-electron chi connectivity index (χ2n) is 6.21. The van der Waals surface area contributed by atoms with Crippen molar-refractivity contribution in [2.45, 2.75) is 24.5 Å². The number of anilines is 1. The summed E-state index contributed by atoms with van der Waals surface area (Å²) >= 11 is 0. The van der Waals surface area contributed by atoms with E-state index in [1.165, 1.54) is 0 Å². The van der Waals surface area contributed by atoms with E-state index in [1.807, 2.05) is 0 Å². The van der Waals surface area contributed by atoms with E-state index in [2.05, 4.69) is 28.1 Å². The van der Waals surface area contributed by atoms with Gasteiger partial charge in [-0.05, 0) is 0 Å². The fraction of sp³-hybridized carbons (Fsp3) is 0.500. The molecule has 23 heteroatoms. The molecule has 0 saturated carbocycles. The number of aromatic nitrogens is 4. The summed E-state index contributed by atoms with van der Waals surface area (Å²) < 4.78 is 51.6. The number of phosphoric acid groups is 3. The average Bonchev–Trinajstić information content (AvgIpc) is 3.12. The van der Waals surface area contributed by atoms with Gasteiger partial charge in [-0.2, -0.15) is 13.6 Å². The summed E-state index contributed by atoms with van der Waals surface area (Å²) in [5.41, 5.74) is 4.50. The molecule has 2 aromatic rings. The average molecular weight is 547 g/mol. The molecular formula is C10H16MgN5O14P3+2. The van der Waals surface area contributed by atoms with Gasteiger partial charge in [0, 0.05) is 0 Å². The number of H-pyrrole nitrogens is 1. The normalized spacial score (nSPS) is 27.1. The Bertz CT molecular complexity index is 1210. The molecule has 0 aromatic carbocycles. The van der Waals surface area contributed by atoms with Gasteiger partial charge >= 0.3 is 46.5 Å². The number of aliphatic hydroxyl groups is 2. The molecule has 0 radical (unpaired) electrons. The number of ether oxygens (including phenoxy) is 1. The molecule has 0 amide bonds. The second-order valence-corrected chi connectivity index (χ2v) is 10.6. The van der Waals surface area contributed by atoms with Crippen LogP contribution >= 0.6 is 23.5 Å². The van der Waals surface area contributed by atoms with Crippen LogP contribution in [-0.4, -0.2) is 97.3 Å². The van der Waals surface area contributed by atoms with E-state index in [0.29, 0.717) is 0 Å².